The lowest BCUT2D eigenvalue weighted by atomic mass is 9.93. The van der Waals surface area contributed by atoms with E-state index in [2.05, 4.69) is 5.32 Å². The van der Waals surface area contributed by atoms with Crippen molar-refractivity contribution < 1.29 is 23.9 Å². The van der Waals surface area contributed by atoms with Crippen LogP contribution in [0.25, 0.3) is 0 Å². The number of carbonyl (C=O) groups is 3. The molecule has 7 heteroatoms. The Balaban J connectivity index is 1.78. The molecule has 0 fully saturated rings. The van der Waals surface area contributed by atoms with Crippen LogP contribution in [-0.4, -0.2) is 41.6 Å². The number of hydrogen-bond donors (Lipinski definition) is 1. The summed E-state index contributed by atoms with van der Waals surface area (Å²) in [6.45, 7) is 7.58. The summed E-state index contributed by atoms with van der Waals surface area (Å²) in [5, 5.41) is 3.00. The molecule has 0 radical (unpaired) electrons. The highest BCUT2D eigenvalue weighted by Crippen LogP contribution is 2.26. The van der Waals surface area contributed by atoms with Gasteiger partial charge in [0.1, 0.15) is 11.6 Å². The number of nitrogens with zero attached hydrogens (tertiary/aromatic N) is 1. The van der Waals surface area contributed by atoms with Gasteiger partial charge in [-0.05, 0) is 56.5 Å². The first-order chi connectivity index (χ1) is 15.1. The molecule has 3 rings (SSSR count). The maximum Gasteiger partial charge on any atom is 0.411 e. The van der Waals surface area contributed by atoms with Crippen LogP contribution < -0.4 is 5.32 Å². The van der Waals surface area contributed by atoms with E-state index < -0.39 is 23.7 Å². The average Bonchev–Trinajstić information content (AvgIpc) is 2.76. The number of rotatable bonds is 4. The molecule has 1 heterocycles. The summed E-state index contributed by atoms with van der Waals surface area (Å²) in [4.78, 5) is 39.3. The van der Waals surface area contributed by atoms with Gasteiger partial charge in [0.05, 0.1) is 25.3 Å². The Labute approximate surface area is 188 Å². The minimum atomic E-state index is -0.684. The predicted molar refractivity (Wildman–Crippen MR) is 120 cm³/mol. The molecule has 1 aliphatic rings. The van der Waals surface area contributed by atoms with E-state index in [0.717, 1.165) is 16.7 Å². The molecule has 2 aromatic rings. The Hall–Kier alpha value is -3.35. The minimum absolute atomic E-state index is 0.255. The molecule has 2 aromatic carbocycles. The highest BCUT2D eigenvalue weighted by molar-refractivity contribution is 5.89. The number of ether oxygens (including phenoxy) is 2. The Morgan fingerprint density at radius 1 is 1.03 bits per heavy atom. The fourth-order valence-corrected chi connectivity index (χ4v) is 3.69. The first kappa shape index (κ1) is 23.3. The molecule has 0 unspecified atom stereocenters. The van der Waals surface area contributed by atoms with E-state index in [9.17, 15) is 14.4 Å². The van der Waals surface area contributed by atoms with Gasteiger partial charge in [0, 0.05) is 6.42 Å². The van der Waals surface area contributed by atoms with Crippen LogP contribution in [0.2, 0.25) is 0 Å². The summed E-state index contributed by atoms with van der Waals surface area (Å²) in [6.07, 6.45) is -0.0999. The molecule has 2 atom stereocenters. The van der Waals surface area contributed by atoms with Crippen LogP contribution in [-0.2, 0) is 27.2 Å². The van der Waals surface area contributed by atoms with Crippen molar-refractivity contribution in [2.45, 2.75) is 58.3 Å². The standard InChI is InChI=1S/C25H30N2O5/c1-16(17-10-12-18(13-11-17)23(29)31-5)26-22(28)21-14-19-8-6-7-9-20(19)15-27(21)24(30)32-25(2,3)4/h6-13,16,21H,14-15H2,1-5H3,(H,26,28)/t16-,21+/m0/s1. The molecule has 170 valence electrons. The first-order valence-corrected chi connectivity index (χ1v) is 10.6. The third-order valence-corrected chi connectivity index (χ3v) is 5.37. The van der Waals surface area contributed by atoms with Gasteiger partial charge < -0.3 is 14.8 Å². The molecule has 7 nitrogen and oxygen atoms in total. The molecular formula is C25H30N2O5. The number of hydrogen-bond acceptors (Lipinski definition) is 5. The highest BCUT2D eigenvalue weighted by Gasteiger charge is 2.37. The second-order valence-electron chi connectivity index (χ2n) is 8.94. The summed E-state index contributed by atoms with van der Waals surface area (Å²) in [7, 11) is 1.33. The zero-order chi connectivity index (χ0) is 23.5. The summed E-state index contributed by atoms with van der Waals surface area (Å²) in [5.41, 5.74) is 2.67. The zero-order valence-electron chi connectivity index (χ0n) is 19.2. The van der Waals surface area contributed by atoms with Crippen molar-refractivity contribution in [3.8, 4) is 0 Å². The van der Waals surface area contributed by atoms with Crippen molar-refractivity contribution in [3.05, 3.63) is 70.8 Å². The van der Waals surface area contributed by atoms with Gasteiger partial charge >= 0.3 is 12.1 Å². The Kier molecular flexibility index (Phi) is 6.87. The fraction of sp³-hybridized carbons (Fsp3) is 0.400. The summed E-state index contributed by atoms with van der Waals surface area (Å²) in [6, 6.07) is 13.7. The minimum Gasteiger partial charge on any atom is -0.465 e. The van der Waals surface area contributed by atoms with Gasteiger partial charge in [0.15, 0.2) is 0 Å². The Morgan fingerprint density at radius 2 is 1.66 bits per heavy atom. The van der Waals surface area contributed by atoms with E-state index in [1.54, 1.807) is 45.0 Å². The zero-order valence-corrected chi connectivity index (χ0v) is 19.2. The van der Waals surface area contributed by atoms with Crippen LogP contribution >= 0.6 is 0 Å². The van der Waals surface area contributed by atoms with Crippen LogP contribution in [0.4, 0.5) is 4.79 Å². The fourth-order valence-electron chi connectivity index (χ4n) is 3.69. The first-order valence-electron chi connectivity index (χ1n) is 10.6. The molecule has 0 bridgehead atoms. The van der Waals surface area contributed by atoms with E-state index in [4.69, 9.17) is 9.47 Å². The van der Waals surface area contributed by atoms with Crippen molar-refractivity contribution >= 4 is 18.0 Å². The average molecular weight is 439 g/mol. The predicted octanol–water partition coefficient (Wildman–Crippen LogP) is 4.01. The van der Waals surface area contributed by atoms with Crippen LogP contribution in [0.3, 0.4) is 0 Å². The molecule has 1 aliphatic heterocycles. The number of methoxy groups -OCH3 is 1. The Bertz CT molecular complexity index is 994. The van der Waals surface area contributed by atoms with Crippen molar-refractivity contribution in [1.82, 2.24) is 10.2 Å². The number of fused-ring (bicyclic) bond motifs is 1. The van der Waals surface area contributed by atoms with Crippen molar-refractivity contribution in [2.24, 2.45) is 0 Å². The maximum atomic E-state index is 13.3. The van der Waals surface area contributed by atoms with Gasteiger partial charge in [-0.15, -0.1) is 0 Å². The second-order valence-corrected chi connectivity index (χ2v) is 8.94. The highest BCUT2D eigenvalue weighted by atomic mass is 16.6. The van der Waals surface area contributed by atoms with E-state index in [0.29, 0.717) is 18.5 Å². The maximum absolute atomic E-state index is 13.3. The number of carbonyl (C=O) groups excluding carboxylic acids is 3. The van der Waals surface area contributed by atoms with E-state index in [1.165, 1.54) is 12.0 Å². The molecule has 1 N–H and O–H groups in total. The lowest BCUT2D eigenvalue weighted by molar-refractivity contribution is -0.127. The molecule has 0 spiro atoms. The lowest BCUT2D eigenvalue weighted by Gasteiger charge is -2.37. The molecule has 0 saturated heterocycles. The lowest BCUT2D eigenvalue weighted by Crippen LogP contribution is -2.53. The number of esters is 1. The molecule has 0 aromatic heterocycles. The topological polar surface area (TPSA) is 84.9 Å². The normalized spacial score (nSPS) is 16.5. The largest absolute Gasteiger partial charge is 0.465 e. The van der Waals surface area contributed by atoms with Crippen LogP contribution in [0.5, 0.6) is 0 Å². The van der Waals surface area contributed by atoms with Gasteiger partial charge in [0.2, 0.25) is 5.91 Å². The smallest absolute Gasteiger partial charge is 0.411 e. The van der Waals surface area contributed by atoms with E-state index in [1.807, 2.05) is 31.2 Å². The third kappa shape index (κ3) is 5.46. The van der Waals surface area contributed by atoms with Crippen molar-refractivity contribution in [1.29, 1.82) is 0 Å². The van der Waals surface area contributed by atoms with Crippen molar-refractivity contribution in [2.75, 3.05) is 7.11 Å². The van der Waals surface area contributed by atoms with E-state index >= 15 is 0 Å². The quantitative estimate of drug-likeness (QED) is 0.729. The monoisotopic (exact) mass is 438 g/mol. The molecule has 2 amide bonds. The number of nitrogens with one attached hydrogen (secondary N) is 1. The van der Waals surface area contributed by atoms with Crippen LogP contribution in [0.15, 0.2) is 48.5 Å². The summed E-state index contributed by atoms with van der Waals surface area (Å²) in [5.74, 6) is -0.669. The second kappa shape index (κ2) is 9.42. The van der Waals surface area contributed by atoms with Gasteiger partial charge in [-0.2, -0.15) is 0 Å². The van der Waals surface area contributed by atoms with Gasteiger partial charge in [-0.3, -0.25) is 9.69 Å². The summed E-state index contributed by atoms with van der Waals surface area (Å²) < 4.78 is 10.3. The van der Waals surface area contributed by atoms with Gasteiger partial charge in [-0.25, -0.2) is 9.59 Å². The SMILES string of the molecule is COC(=O)c1ccc([C@H](C)NC(=O)[C@H]2Cc3ccccc3CN2C(=O)OC(C)(C)C)cc1. The number of benzene rings is 2. The third-order valence-electron chi connectivity index (χ3n) is 5.37. The molecule has 32 heavy (non-hydrogen) atoms. The van der Waals surface area contributed by atoms with Gasteiger partial charge in [-0.1, -0.05) is 36.4 Å². The van der Waals surface area contributed by atoms with Crippen molar-refractivity contribution in [3.63, 3.8) is 0 Å². The van der Waals surface area contributed by atoms with Gasteiger partial charge in [0.25, 0.3) is 0 Å². The number of amides is 2. The Morgan fingerprint density at radius 3 is 2.25 bits per heavy atom. The molecule has 0 aliphatic carbocycles. The van der Waals surface area contributed by atoms with Crippen LogP contribution in [0.1, 0.15) is 60.8 Å². The molecule has 0 saturated carbocycles. The summed E-state index contributed by atoms with van der Waals surface area (Å²) >= 11 is 0. The molecular weight excluding hydrogens is 408 g/mol. The van der Waals surface area contributed by atoms with Crippen LogP contribution in [0, 0.1) is 0 Å². The van der Waals surface area contributed by atoms with E-state index in [-0.39, 0.29) is 11.9 Å².